The van der Waals surface area contributed by atoms with Crippen molar-refractivity contribution in [2.75, 3.05) is 7.11 Å². The van der Waals surface area contributed by atoms with E-state index in [0.717, 1.165) is 16.8 Å². The van der Waals surface area contributed by atoms with E-state index < -0.39 is 0 Å². The topological polar surface area (TPSA) is 76.8 Å². The zero-order valence-electron chi connectivity index (χ0n) is 14.3. The Bertz CT molecular complexity index is 1050. The first-order valence-corrected chi connectivity index (χ1v) is 9.11. The van der Waals surface area contributed by atoms with Crippen LogP contribution in [0.25, 0.3) is 22.6 Å². The summed E-state index contributed by atoms with van der Waals surface area (Å²) in [7, 11) is 1.60. The lowest BCUT2D eigenvalue weighted by Gasteiger charge is -2.02. The smallest absolute Gasteiger partial charge is 0.237 e. The second-order valence-corrected chi connectivity index (χ2v) is 6.57. The van der Waals surface area contributed by atoms with Crippen LogP contribution in [0, 0.1) is 5.82 Å². The molecular weight excluding hydrogens is 367 g/mol. The Kier molecular flexibility index (Phi) is 4.88. The maximum absolute atomic E-state index is 13.0. The van der Waals surface area contributed by atoms with E-state index in [0.29, 0.717) is 28.4 Å². The molecule has 2 aromatic carbocycles. The number of methoxy groups -OCH3 is 1. The predicted octanol–water partition coefficient (Wildman–Crippen LogP) is 4.57. The van der Waals surface area contributed by atoms with E-state index in [1.54, 1.807) is 25.4 Å². The van der Waals surface area contributed by atoms with E-state index in [1.807, 2.05) is 24.3 Å². The van der Waals surface area contributed by atoms with E-state index in [4.69, 9.17) is 9.26 Å². The molecule has 0 radical (unpaired) electrons. The average molecular weight is 382 g/mol. The summed E-state index contributed by atoms with van der Waals surface area (Å²) >= 11 is 1.44. The first kappa shape index (κ1) is 17.3. The molecule has 4 aromatic rings. The summed E-state index contributed by atoms with van der Waals surface area (Å²) < 4.78 is 23.7. The Labute approximate surface area is 158 Å². The highest BCUT2D eigenvalue weighted by Crippen LogP contribution is 2.28. The Morgan fingerprint density at radius 2 is 1.96 bits per heavy atom. The third kappa shape index (κ3) is 3.85. The summed E-state index contributed by atoms with van der Waals surface area (Å²) in [6, 6.07) is 13.7. The van der Waals surface area contributed by atoms with Crippen LogP contribution in [0.2, 0.25) is 0 Å². The van der Waals surface area contributed by atoms with Crippen LogP contribution in [0.3, 0.4) is 0 Å². The molecule has 4 rings (SSSR count). The van der Waals surface area contributed by atoms with Gasteiger partial charge < -0.3 is 14.2 Å². The van der Waals surface area contributed by atoms with Crippen LogP contribution in [0.1, 0.15) is 5.89 Å². The molecule has 6 nitrogen and oxygen atoms in total. The summed E-state index contributed by atoms with van der Waals surface area (Å²) in [5.74, 6) is 1.86. The van der Waals surface area contributed by atoms with Crippen LogP contribution in [-0.4, -0.2) is 27.2 Å². The number of hydrogen-bond donors (Lipinski definition) is 1. The van der Waals surface area contributed by atoms with Crippen molar-refractivity contribution in [3.63, 3.8) is 0 Å². The van der Waals surface area contributed by atoms with Gasteiger partial charge in [-0.05, 0) is 42.0 Å². The van der Waals surface area contributed by atoms with Gasteiger partial charge in [0, 0.05) is 0 Å². The fraction of sp³-hybridized carbons (Fsp3) is 0.105. The number of aromatic amines is 1. The SMILES string of the molecule is COc1ccccc1-c1noc(CSc2ncc(-c3ccc(F)cc3)[nH]2)n1. The summed E-state index contributed by atoms with van der Waals surface area (Å²) in [6.45, 7) is 0. The molecule has 2 aromatic heterocycles. The van der Waals surface area contributed by atoms with E-state index >= 15 is 0 Å². The average Bonchev–Trinajstić information content (AvgIpc) is 3.36. The van der Waals surface area contributed by atoms with Crippen molar-refractivity contribution in [2.24, 2.45) is 0 Å². The van der Waals surface area contributed by atoms with Crippen molar-refractivity contribution < 1.29 is 13.7 Å². The quantitative estimate of drug-likeness (QED) is 0.493. The summed E-state index contributed by atoms with van der Waals surface area (Å²) in [4.78, 5) is 11.9. The molecule has 0 saturated carbocycles. The highest BCUT2D eigenvalue weighted by Gasteiger charge is 2.13. The van der Waals surface area contributed by atoms with Crippen molar-refractivity contribution in [1.29, 1.82) is 0 Å². The number of H-pyrrole nitrogens is 1. The number of halogens is 1. The number of imidazole rings is 1. The van der Waals surface area contributed by atoms with Gasteiger partial charge in [0.1, 0.15) is 11.6 Å². The molecule has 0 amide bonds. The molecule has 0 aliphatic heterocycles. The minimum absolute atomic E-state index is 0.268. The van der Waals surface area contributed by atoms with Gasteiger partial charge in [0.05, 0.1) is 30.3 Å². The van der Waals surface area contributed by atoms with E-state index in [2.05, 4.69) is 20.1 Å². The zero-order chi connectivity index (χ0) is 18.6. The maximum atomic E-state index is 13.0. The maximum Gasteiger partial charge on any atom is 0.237 e. The highest BCUT2D eigenvalue weighted by molar-refractivity contribution is 7.98. The number of aromatic nitrogens is 4. The molecule has 8 heteroatoms. The van der Waals surface area contributed by atoms with Crippen LogP contribution < -0.4 is 4.74 Å². The molecule has 136 valence electrons. The van der Waals surface area contributed by atoms with Gasteiger partial charge >= 0.3 is 0 Å². The standard InChI is InChI=1S/C19H15FN4O2S/c1-25-16-5-3-2-4-14(16)18-23-17(26-24-18)11-27-19-21-10-15(22-19)12-6-8-13(20)9-7-12/h2-10H,11H2,1H3,(H,21,22). The first-order chi connectivity index (χ1) is 13.2. The Hall–Kier alpha value is -3.13. The third-order valence-corrected chi connectivity index (χ3v) is 4.73. The minimum Gasteiger partial charge on any atom is -0.496 e. The van der Waals surface area contributed by atoms with Gasteiger partial charge in [-0.25, -0.2) is 9.37 Å². The van der Waals surface area contributed by atoms with Crippen molar-refractivity contribution in [3.05, 3.63) is 66.4 Å². The van der Waals surface area contributed by atoms with Crippen LogP contribution >= 0.6 is 11.8 Å². The van der Waals surface area contributed by atoms with Crippen molar-refractivity contribution >= 4 is 11.8 Å². The van der Waals surface area contributed by atoms with Gasteiger partial charge in [0.15, 0.2) is 5.16 Å². The molecule has 0 aliphatic carbocycles. The molecule has 27 heavy (non-hydrogen) atoms. The molecule has 0 aliphatic rings. The van der Waals surface area contributed by atoms with Crippen LogP contribution in [0.5, 0.6) is 5.75 Å². The molecule has 1 N–H and O–H groups in total. The molecular formula is C19H15FN4O2S. The molecule has 0 fully saturated rings. The second-order valence-electron chi connectivity index (χ2n) is 5.61. The number of benzene rings is 2. The minimum atomic E-state index is -0.268. The number of ether oxygens (including phenoxy) is 1. The monoisotopic (exact) mass is 382 g/mol. The third-order valence-electron chi connectivity index (χ3n) is 3.86. The Morgan fingerprint density at radius 3 is 2.78 bits per heavy atom. The van der Waals surface area contributed by atoms with Crippen LogP contribution in [0.15, 0.2) is 64.4 Å². The summed E-state index contributed by atoms with van der Waals surface area (Å²) in [5, 5.41) is 4.74. The molecule has 0 saturated heterocycles. The summed E-state index contributed by atoms with van der Waals surface area (Å²) in [5.41, 5.74) is 2.46. The lowest BCUT2D eigenvalue weighted by molar-refractivity contribution is 0.390. The van der Waals surface area contributed by atoms with Crippen molar-refractivity contribution in [3.8, 4) is 28.4 Å². The van der Waals surface area contributed by atoms with Crippen molar-refractivity contribution in [1.82, 2.24) is 20.1 Å². The molecule has 0 unspecified atom stereocenters. The molecule has 2 heterocycles. The number of nitrogens with zero attached hydrogens (tertiary/aromatic N) is 3. The van der Waals surface area contributed by atoms with Gasteiger partial charge in [0.25, 0.3) is 0 Å². The number of para-hydroxylation sites is 1. The fourth-order valence-electron chi connectivity index (χ4n) is 2.53. The van der Waals surface area contributed by atoms with Gasteiger partial charge in [0.2, 0.25) is 11.7 Å². The van der Waals surface area contributed by atoms with Gasteiger partial charge in [-0.3, -0.25) is 0 Å². The number of nitrogens with one attached hydrogen (secondary N) is 1. The normalized spacial score (nSPS) is 10.9. The van der Waals surface area contributed by atoms with E-state index in [9.17, 15) is 4.39 Å². The lowest BCUT2D eigenvalue weighted by atomic mass is 10.2. The predicted molar refractivity (Wildman–Crippen MR) is 99.8 cm³/mol. The van der Waals surface area contributed by atoms with Gasteiger partial charge in [-0.1, -0.05) is 29.1 Å². The second kappa shape index (κ2) is 7.63. The van der Waals surface area contributed by atoms with E-state index in [1.165, 1.54) is 23.9 Å². The molecule has 0 spiro atoms. The van der Waals surface area contributed by atoms with E-state index in [-0.39, 0.29) is 5.82 Å². The molecule has 0 atom stereocenters. The van der Waals surface area contributed by atoms with Crippen LogP contribution in [-0.2, 0) is 5.75 Å². The number of hydrogen-bond acceptors (Lipinski definition) is 6. The first-order valence-electron chi connectivity index (χ1n) is 8.12. The zero-order valence-corrected chi connectivity index (χ0v) is 15.2. The fourth-order valence-corrected chi connectivity index (χ4v) is 3.22. The van der Waals surface area contributed by atoms with Crippen molar-refractivity contribution in [2.45, 2.75) is 10.9 Å². The summed E-state index contributed by atoms with van der Waals surface area (Å²) in [6.07, 6.45) is 1.71. The van der Waals surface area contributed by atoms with Gasteiger partial charge in [-0.2, -0.15) is 4.98 Å². The number of thioether (sulfide) groups is 1. The largest absolute Gasteiger partial charge is 0.496 e. The lowest BCUT2D eigenvalue weighted by Crippen LogP contribution is -1.89. The molecule has 0 bridgehead atoms. The highest BCUT2D eigenvalue weighted by atomic mass is 32.2. The number of rotatable bonds is 6. The van der Waals surface area contributed by atoms with Gasteiger partial charge in [-0.15, -0.1) is 0 Å². The van der Waals surface area contributed by atoms with Crippen LogP contribution in [0.4, 0.5) is 4.39 Å². The Morgan fingerprint density at radius 1 is 1.15 bits per heavy atom. The Balaban J connectivity index is 1.44.